The fourth-order valence-electron chi connectivity index (χ4n) is 5.25. The molecule has 40 heavy (non-hydrogen) atoms. The summed E-state index contributed by atoms with van der Waals surface area (Å²) in [5.74, 6) is -1.19. The first-order valence-corrected chi connectivity index (χ1v) is 15.1. The number of halogens is 3. The number of carbonyl (C=O) groups excluding carboxylic acids is 1. The molecule has 8 nitrogen and oxygen atoms in total. The number of alkyl halides is 3. The van der Waals surface area contributed by atoms with E-state index in [0.29, 0.717) is 23.7 Å². The standard InChI is InChI=1S/C28H36F3N3O5S/c1-3-40(36,37)26-5-4-20(2)14-23(26)18-32-27(35)22-15-21(16-25(17-22)39-28(29,30)31)19-33-8-10-34(11-9-33)24-6-12-38-13-7-24/h4-5,14-17,24H,3,6-13,18-19H2,1-2H3,(H,32,35). The van der Waals surface area contributed by atoms with Crippen LogP contribution in [0.4, 0.5) is 13.2 Å². The van der Waals surface area contributed by atoms with E-state index in [1.807, 2.05) is 0 Å². The molecule has 0 radical (unpaired) electrons. The lowest BCUT2D eigenvalue weighted by Gasteiger charge is -2.40. The van der Waals surface area contributed by atoms with Crippen molar-refractivity contribution in [3.05, 3.63) is 58.7 Å². The second-order valence-electron chi connectivity index (χ2n) is 10.3. The van der Waals surface area contributed by atoms with Gasteiger partial charge < -0.3 is 14.8 Å². The van der Waals surface area contributed by atoms with E-state index in [9.17, 15) is 26.4 Å². The van der Waals surface area contributed by atoms with Crippen molar-refractivity contribution in [3.8, 4) is 5.75 Å². The molecule has 0 unspecified atom stereocenters. The van der Waals surface area contributed by atoms with E-state index in [0.717, 1.165) is 63.9 Å². The van der Waals surface area contributed by atoms with Crippen molar-refractivity contribution in [2.75, 3.05) is 45.1 Å². The second-order valence-corrected chi connectivity index (χ2v) is 12.5. The highest BCUT2D eigenvalue weighted by atomic mass is 32.2. The van der Waals surface area contributed by atoms with Crippen molar-refractivity contribution < 1.29 is 35.9 Å². The monoisotopic (exact) mass is 583 g/mol. The zero-order valence-electron chi connectivity index (χ0n) is 22.8. The highest BCUT2D eigenvalue weighted by molar-refractivity contribution is 7.91. The normalized spacial score (nSPS) is 18.0. The number of sulfone groups is 1. The van der Waals surface area contributed by atoms with Gasteiger partial charge in [-0.3, -0.25) is 14.6 Å². The van der Waals surface area contributed by atoms with Crippen LogP contribution in [0, 0.1) is 6.92 Å². The van der Waals surface area contributed by atoms with Gasteiger partial charge in [0, 0.05) is 64.1 Å². The molecular formula is C28H36F3N3O5S. The Morgan fingerprint density at radius 3 is 2.42 bits per heavy atom. The van der Waals surface area contributed by atoms with E-state index >= 15 is 0 Å². The summed E-state index contributed by atoms with van der Waals surface area (Å²) in [6, 6.07) is 9.28. The molecule has 1 N–H and O–H groups in total. The number of ether oxygens (including phenoxy) is 2. The van der Waals surface area contributed by atoms with Gasteiger partial charge in [0.2, 0.25) is 0 Å². The molecule has 2 fully saturated rings. The molecular weight excluding hydrogens is 547 g/mol. The average Bonchev–Trinajstić information content (AvgIpc) is 2.91. The molecule has 2 heterocycles. The van der Waals surface area contributed by atoms with E-state index in [2.05, 4.69) is 19.9 Å². The molecule has 220 valence electrons. The maximum absolute atomic E-state index is 13.1. The minimum Gasteiger partial charge on any atom is -0.406 e. The molecule has 0 saturated carbocycles. The summed E-state index contributed by atoms with van der Waals surface area (Å²) in [7, 11) is -3.53. The van der Waals surface area contributed by atoms with Crippen LogP contribution in [0.25, 0.3) is 0 Å². The fourth-order valence-corrected chi connectivity index (χ4v) is 6.37. The minimum atomic E-state index is -4.91. The van der Waals surface area contributed by atoms with Crippen molar-refractivity contribution in [3.63, 3.8) is 0 Å². The van der Waals surface area contributed by atoms with Gasteiger partial charge in [0.05, 0.1) is 10.6 Å². The van der Waals surface area contributed by atoms with Gasteiger partial charge in [-0.1, -0.05) is 24.6 Å². The van der Waals surface area contributed by atoms with Gasteiger partial charge in [0.15, 0.2) is 9.84 Å². The predicted octanol–water partition coefficient (Wildman–Crippen LogP) is 3.91. The Kier molecular flexibility index (Phi) is 9.76. The van der Waals surface area contributed by atoms with Crippen LogP contribution in [0.3, 0.4) is 0 Å². The molecule has 1 amide bonds. The molecule has 0 spiro atoms. The number of carbonyl (C=O) groups is 1. The number of hydrogen-bond acceptors (Lipinski definition) is 7. The van der Waals surface area contributed by atoms with E-state index < -0.39 is 27.9 Å². The lowest BCUT2D eigenvalue weighted by molar-refractivity contribution is -0.274. The summed E-state index contributed by atoms with van der Waals surface area (Å²) >= 11 is 0. The van der Waals surface area contributed by atoms with Crippen molar-refractivity contribution >= 4 is 15.7 Å². The lowest BCUT2D eigenvalue weighted by Crippen LogP contribution is -2.51. The van der Waals surface area contributed by atoms with Crippen LogP contribution in [0.1, 0.15) is 46.8 Å². The number of benzene rings is 2. The van der Waals surface area contributed by atoms with Crippen LogP contribution < -0.4 is 10.1 Å². The molecule has 12 heteroatoms. The fraction of sp³-hybridized carbons (Fsp3) is 0.536. The molecule has 0 bridgehead atoms. The quantitative estimate of drug-likeness (QED) is 0.479. The molecule has 4 rings (SSSR count). The van der Waals surface area contributed by atoms with Gasteiger partial charge in [-0.25, -0.2) is 8.42 Å². The van der Waals surface area contributed by atoms with Crippen molar-refractivity contribution in [1.29, 1.82) is 0 Å². The molecule has 0 atom stereocenters. The number of piperazine rings is 1. The van der Waals surface area contributed by atoms with Crippen LogP contribution in [0.15, 0.2) is 41.3 Å². The predicted molar refractivity (Wildman–Crippen MR) is 144 cm³/mol. The highest BCUT2D eigenvalue weighted by Crippen LogP contribution is 2.27. The summed E-state index contributed by atoms with van der Waals surface area (Å²) in [5.41, 5.74) is 1.76. The first kappa shape index (κ1) is 30.3. The Bertz CT molecular complexity index is 1290. The Balaban J connectivity index is 1.47. The van der Waals surface area contributed by atoms with Gasteiger partial charge in [-0.2, -0.15) is 0 Å². The molecule has 2 aromatic carbocycles. The molecule has 0 aliphatic carbocycles. The van der Waals surface area contributed by atoms with Crippen LogP contribution >= 0.6 is 0 Å². The number of hydrogen-bond donors (Lipinski definition) is 1. The third-order valence-corrected chi connectivity index (χ3v) is 9.18. The maximum atomic E-state index is 13.1. The molecule has 2 aromatic rings. The van der Waals surface area contributed by atoms with Gasteiger partial charge in [0.1, 0.15) is 5.75 Å². The topological polar surface area (TPSA) is 88.2 Å². The first-order valence-electron chi connectivity index (χ1n) is 13.5. The summed E-state index contributed by atoms with van der Waals surface area (Å²) in [6.45, 7) is 8.37. The van der Waals surface area contributed by atoms with Crippen molar-refractivity contribution in [1.82, 2.24) is 15.1 Å². The Hall–Kier alpha value is -2.67. The lowest BCUT2D eigenvalue weighted by atomic mass is 10.1. The van der Waals surface area contributed by atoms with E-state index in [1.54, 1.807) is 25.1 Å². The molecule has 2 aliphatic rings. The number of amides is 1. The first-order chi connectivity index (χ1) is 18.9. The molecule has 0 aromatic heterocycles. The summed E-state index contributed by atoms with van der Waals surface area (Å²) in [6.07, 6.45) is -2.90. The summed E-state index contributed by atoms with van der Waals surface area (Å²) in [4.78, 5) is 17.8. The van der Waals surface area contributed by atoms with Gasteiger partial charge in [-0.05, 0) is 55.2 Å². The third kappa shape index (κ3) is 8.18. The SMILES string of the molecule is CCS(=O)(=O)c1ccc(C)cc1CNC(=O)c1cc(CN2CCN(C3CCOCC3)CC2)cc(OC(F)(F)F)c1. The highest BCUT2D eigenvalue weighted by Gasteiger charge is 2.32. The third-order valence-electron chi connectivity index (χ3n) is 7.35. The zero-order chi connectivity index (χ0) is 28.9. The number of nitrogens with one attached hydrogen (secondary N) is 1. The zero-order valence-corrected chi connectivity index (χ0v) is 23.6. The van der Waals surface area contributed by atoms with Crippen LogP contribution in [-0.4, -0.2) is 81.7 Å². The summed E-state index contributed by atoms with van der Waals surface area (Å²) in [5, 5.41) is 2.67. The Morgan fingerprint density at radius 1 is 1.07 bits per heavy atom. The van der Waals surface area contributed by atoms with Crippen molar-refractivity contribution in [2.45, 2.75) is 57.1 Å². The van der Waals surface area contributed by atoms with Crippen LogP contribution in [0.5, 0.6) is 5.75 Å². The van der Waals surface area contributed by atoms with Gasteiger partial charge in [0.25, 0.3) is 5.91 Å². The Labute approximate surface area is 233 Å². The average molecular weight is 584 g/mol. The van der Waals surface area contributed by atoms with Crippen LogP contribution in [-0.2, 0) is 27.7 Å². The minimum absolute atomic E-state index is 0.00476. The number of aryl methyl sites for hydroxylation is 1. The number of rotatable bonds is 9. The maximum Gasteiger partial charge on any atom is 0.573 e. The van der Waals surface area contributed by atoms with E-state index in [4.69, 9.17) is 4.74 Å². The Morgan fingerprint density at radius 2 is 1.77 bits per heavy atom. The number of nitrogens with zero attached hydrogens (tertiary/aromatic N) is 2. The summed E-state index contributed by atoms with van der Waals surface area (Å²) < 4.78 is 73.9. The van der Waals surface area contributed by atoms with E-state index in [-0.39, 0.29) is 22.8 Å². The van der Waals surface area contributed by atoms with Gasteiger partial charge in [-0.15, -0.1) is 13.2 Å². The van der Waals surface area contributed by atoms with Gasteiger partial charge >= 0.3 is 6.36 Å². The largest absolute Gasteiger partial charge is 0.573 e. The smallest absolute Gasteiger partial charge is 0.406 e. The van der Waals surface area contributed by atoms with E-state index in [1.165, 1.54) is 19.1 Å². The van der Waals surface area contributed by atoms with Crippen LogP contribution in [0.2, 0.25) is 0 Å². The molecule has 2 saturated heterocycles. The van der Waals surface area contributed by atoms with Crippen molar-refractivity contribution in [2.24, 2.45) is 0 Å². The second kappa shape index (κ2) is 12.9. The molecule has 2 aliphatic heterocycles.